The van der Waals surface area contributed by atoms with Crippen LogP contribution in [0.25, 0.3) is 21.5 Å². The van der Waals surface area contributed by atoms with Gasteiger partial charge < -0.3 is 5.32 Å². The van der Waals surface area contributed by atoms with Gasteiger partial charge in [0.1, 0.15) is 17.0 Å². The van der Waals surface area contributed by atoms with Gasteiger partial charge in [-0.25, -0.2) is 9.97 Å². The van der Waals surface area contributed by atoms with Crippen molar-refractivity contribution >= 4 is 27.4 Å². The molecule has 1 saturated carbocycles. The zero-order valence-electron chi connectivity index (χ0n) is 12.3. The maximum atomic E-state index is 4.52. The summed E-state index contributed by atoms with van der Waals surface area (Å²) in [6.45, 7) is 0. The Morgan fingerprint density at radius 1 is 1.05 bits per heavy atom. The van der Waals surface area contributed by atoms with E-state index in [4.69, 9.17) is 0 Å². The van der Waals surface area contributed by atoms with Crippen LogP contribution in [-0.4, -0.2) is 21.0 Å². The summed E-state index contributed by atoms with van der Waals surface area (Å²) in [5.74, 6) is 0.957. The Kier molecular flexibility index (Phi) is 3.72. The highest BCUT2D eigenvalue weighted by Crippen LogP contribution is 2.36. The van der Waals surface area contributed by atoms with E-state index in [9.17, 15) is 0 Å². The van der Waals surface area contributed by atoms with Crippen molar-refractivity contribution < 1.29 is 0 Å². The number of nitrogens with zero attached hydrogens (tertiary/aromatic N) is 3. The van der Waals surface area contributed by atoms with Gasteiger partial charge in [0.2, 0.25) is 0 Å². The molecule has 0 aliphatic heterocycles. The average molecular weight is 310 g/mol. The number of anilines is 1. The fraction of sp³-hybridized carbons (Fsp3) is 0.353. The molecule has 4 rings (SSSR count). The van der Waals surface area contributed by atoms with Crippen molar-refractivity contribution in [2.24, 2.45) is 0 Å². The van der Waals surface area contributed by atoms with Crippen molar-refractivity contribution in [3.8, 4) is 11.3 Å². The third-order valence-corrected chi connectivity index (χ3v) is 5.14. The van der Waals surface area contributed by atoms with E-state index >= 15 is 0 Å². The average Bonchev–Trinajstić information content (AvgIpc) is 3.02. The van der Waals surface area contributed by atoms with Gasteiger partial charge in [0.05, 0.1) is 11.1 Å². The van der Waals surface area contributed by atoms with Crippen molar-refractivity contribution in [2.45, 2.75) is 38.1 Å². The monoisotopic (exact) mass is 310 g/mol. The first-order valence-electron chi connectivity index (χ1n) is 7.82. The van der Waals surface area contributed by atoms with Gasteiger partial charge >= 0.3 is 0 Å². The number of pyridine rings is 1. The van der Waals surface area contributed by atoms with Crippen LogP contribution in [0.2, 0.25) is 0 Å². The Hall–Kier alpha value is -2.01. The van der Waals surface area contributed by atoms with Gasteiger partial charge in [0.15, 0.2) is 0 Å². The molecule has 0 bridgehead atoms. The van der Waals surface area contributed by atoms with E-state index in [-0.39, 0.29) is 0 Å². The minimum atomic E-state index is 0.531. The second-order valence-corrected chi connectivity index (χ2v) is 6.60. The summed E-state index contributed by atoms with van der Waals surface area (Å²) in [6.07, 6.45) is 9.92. The number of hydrogen-bond acceptors (Lipinski definition) is 5. The Bertz CT molecular complexity index is 763. The minimum Gasteiger partial charge on any atom is -0.367 e. The Labute approximate surface area is 133 Å². The predicted molar refractivity (Wildman–Crippen MR) is 91.1 cm³/mol. The van der Waals surface area contributed by atoms with Crippen LogP contribution in [0.1, 0.15) is 32.1 Å². The molecule has 0 amide bonds. The molecule has 1 aliphatic rings. The molecule has 112 valence electrons. The van der Waals surface area contributed by atoms with Crippen molar-refractivity contribution in [3.63, 3.8) is 0 Å². The largest absolute Gasteiger partial charge is 0.367 e. The van der Waals surface area contributed by atoms with E-state index in [1.807, 2.05) is 24.4 Å². The summed E-state index contributed by atoms with van der Waals surface area (Å²) in [6, 6.07) is 6.53. The van der Waals surface area contributed by atoms with Crippen molar-refractivity contribution in [2.75, 3.05) is 5.32 Å². The smallest absolute Gasteiger partial charge is 0.139 e. The molecule has 0 aromatic carbocycles. The Balaban J connectivity index is 1.76. The lowest BCUT2D eigenvalue weighted by atomic mass is 9.95. The number of nitrogens with one attached hydrogen (secondary N) is 1. The molecule has 0 saturated heterocycles. The third kappa shape index (κ3) is 2.57. The van der Waals surface area contributed by atoms with Crippen molar-refractivity contribution in [3.05, 3.63) is 36.1 Å². The molecular formula is C17H18N4S. The highest BCUT2D eigenvalue weighted by Gasteiger charge is 2.18. The van der Waals surface area contributed by atoms with Crippen LogP contribution in [0.15, 0.2) is 36.1 Å². The first kappa shape index (κ1) is 13.6. The van der Waals surface area contributed by atoms with Crippen molar-refractivity contribution in [1.82, 2.24) is 15.0 Å². The second kappa shape index (κ2) is 6.01. The summed E-state index contributed by atoms with van der Waals surface area (Å²) in [5, 5.41) is 6.89. The van der Waals surface area contributed by atoms with Gasteiger partial charge in [-0.2, -0.15) is 0 Å². The van der Waals surface area contributed by atoms with Gasteiger partial charge in [-0.15, -0.1) is 11.3 Å². The number of rotatable bonds is 3. The number of thiophene rings is 1. The highest BCUT2D eigenvalue weighted by atomic mass is 32.1. The molecule has 3 aromatic heterocycles. The topological polar surface area (TPSA) is 50.7 Å². The van der Waals surface area contributed by atoms with Gasteiger partial charge in [-0.1, -0.05) is 25.3 Å². The zero-order valence-corrected chi connectivity index (χ0v) is 13.1. The molecule has 0 atom stereocenters. The highest BCUT2D eigenvalue weighted by molar-refractivity contribution is 7.17. The first-order valence-corrected chi connectivity index (χ1v) is 8.70. The first-order chi connectivity index (χ1) is 10.9. The van der Waals surface area contributed by atoms with E-state index in [2.05, 4.69) is 25.6 Å². The zero-order chi connectivity index (χ0) is 14.8. The van der Waals surface area contributed by atoms with Crippen LogP contribution in [0.5, 0.6) is 0 Å². The molecule has 3 heterocycles. The molecule has 1 fully saturated rings. The van der Waals surface area contributed by atoms with Gasteiger partial charge in [-0.05, 0) is 25.0 Å². The van der Waals surface area contributed by atoms with Crippen LogP contribution in [0.4, 0.5) is 5.82 Å². The van der Waals surface area contributed by atoms with Crippen LogP contribution in [-0.2, 0) is 0 Å². The Morgan fingerprint density at radius 2 is 1.95 bits per heavy atom. The normalized spacial score (nSPS) is 16.0. The maximum absolute atomic E-state index is 4.52. The summed E-state index contributed by atoms with van der Waals surface area (Å²) in [5.41, 5.74) is 2.11. The molecule has 22 heavy (non-hydrogen) atoms. The molecule has 0 spiro atoms. The molecule has 4 nitrogen and oxygen atoms in total. The van der Waals surface area contributed by atoms with Crippen LogP contribution in [0.3, 0.4) is 0 Å². The Morgan fingerprint density at radius 3 is 2.77 bits per heavy atom. The summed E-state index contributed by atoms with van der Waals surface area (Å²) >= 11 is 1.65. The number of fused-ring (bicyclic) bond motifs is 1. The number of aromatic nitrogens is 3. The van der Waals surface area contributed by atoms with Gasteiger partial charge in [0.25, 0.3) is 0 Å². The summed E-state index contributed by atoms with van der Waals surface area (Å²) in [4.78, 5) is 14.4. The van der Waals surface area contributed by atoms with E-state index in [0.29, 0.717) is 6.04 Å². The fourth-order valence-corrected chi connectivity index (χ4v) is 4.04. The minimum absolute atomic E-state index is 0.531. The summed E-state index contributed by atoms with van der Waals surface area (Å²) < 4.78 is 0. The van der Waals surface area contributed by atoms with E-state index in [1.165, 1.54) is 32.1 Å². The molecule has 5 heteroatoms. The third-order valence-electron chi connectivity index (χ3n) is 4.26. The molecule has 0 radical (unpaired) electrons. The molecule has 1 N–H and O–H groups in total. The van der Waals surface area contributed by atoms with Crippen LogP contribution in [0, 0.1) is 0 Å². The predicted octanol–water partition coefficient (Wildman–Crippen LogP) is 4.50. The molecular weight excluding hydrogens is 292 g/mol. The lowest BCUT2D eigenvalue weighted by molar-refractivity contribution is 0.462. The summed E-state index contributed by atoms with van der Waals surface area (Å²) in [7, 11) is 0. The second-order valence-electron chi connectivity index (χ2n) is 5.75. The lowest BCUT2D eigenvalue weighted by Gasteiger charge is -2.23. The van der Waals surface area contributed by atoms with Gasteiger partial charge in [-0.3, -0.25) is 4.98 Å². The SMILES string of the molecule is c1ccc(-c2csc3ncnc(NC4CCCCC4)c23)nc1. The van der Waals surface area contributed by atoms with Crippen LogP contribution < -0.4 is 5.32 Å². The standard InChI is InChI=1S/C17H18N4S/c1-2-6-12(7-3-1)21-16-15-13(14-8-4-5-9-18-14)10-22-17(15)20-11-19-16/h4-5,8-12H,1-3,6-7H2,(H,19,20,21). The van der Waals surface area contributed by atoms with E-state index in [0.717, 1.165) is 27.3 Å². The lowest BCUT2D eigenvalue weighted by Crippen LogP contribution is -2.22. The molecule has 1 aliphatic carbocycles. The van der Waals surface area contributed by atoms with E-state index < -0.39 is 0 Å². The molecule has 3 aromatic rings. The van der Waals surface area contributed by atoms with E-state index in [1.54, 1.807) is 17.7 Å². The van der Waals surface area contributed by atoms with Crippen LogP contribution >= 0.6 is 11.3 Å². The molecule has 0 unspecified atom stereocenters. The number of hydrogen-bond donors (Lipinski definition) is 1. The van der Waals surface area contributed by atoms with Crippen molar-refractivity contribution in [1.29, 1.82) is 0 Å². The fourth-order valence-electron chi connectivity index (χ4n) is 3.14. The van der Waals surface area contributed by atoms with Gasteiger partial charge in [0, 0.05) is 23.2 Å². The maximum Gasteiger partial charge on any atom is 0.139 e. The quantitative estimate of drug-likeness (QED) is 0.774.